The molecule has 0 fully saturated rings. The number of ether oxygens (including phenoxy) is 3. The van der Waals surface area contributed by atoms with Crippen LogP contribution in [0, 0.1) is 0 Å². The van der Waals surface area contributed by atoms with Crippen LogP contribution < -0.4 is 21.3 Å². The van der Waals surface area contributed by atoms with Crippen molar-refractivity contribution in [3.05, 3.63) is 12.2 Å². The van der Waals surface area contributed by atoms with Gasteiger partial charge in [0.25, 0.3) is 0 Å². The maximum Gasteiger partial charge on any atom is 0.328 e. The number of H-pyrrole nitrogens is 1. The van der Waals surface area contributed by atoms with Crippen molar-refractivity contribution in [2.45, 2.75) is 117 Å². The van der Waals surface area contributed by atoms with Gasteiger partial charge in [0, 0.05) is 12.8 Å². The smallest absolute Gasteiger partial charge is 0.328 e. The van der Waals surface area contributed by atoms with Crippen molar-refractivity contribution in [1.29, 1.82) is 0 Å². The molecule has 0 aliphatic carbocycles. The second kappa shape index (κ2) is 27.1. The molecule has 4 amide bonds. The summed E-state index contributed by atoms with van der Waals surface area (Å²) >= 11 is 0. The van der Waals surface area contributed by atoms with Crippen LogP contribution in [-0.2, 0) is 44.8 Å². The number of nitrogens with one attached hydrogen (secondary N) is 5. The number of aromatic nitrogens is 3. The van der Waals surface area contributed by atoms with E-state index in [-0.39, 0.29) is 27.7 Å². The molecule has 0 aliphatic rings. The SMILES string of the molecule is C.C.CCC(NC(=O)NC(CCC(=O)OC)C(C)OO)C(=O)OC.CCC(NC(=O)NC(CCc1ncn[nH]1)C(C)OO)C(=O)OC. The van der Waals surface area contributed by atoms with E-state index in [4.69, 9.17) is 10.5 Å². The summed E-state index contributed by atoms with van der Waals surface area (Å²) in [6.45, 7) is 6.61. The molecular formula is C28H55N7O12. The largest absolute Gasteiger partial charge is 0.469 e. The molecule has 7 N–H and O–H groups in total. The van der Waals surface area contributed by atoms with Crippen LogP contribution in [0.2, 0.25) is 0 Å². The van der Waals surface area contributed by atoms with Crippen molar-refractivity contribution >= 4 is 30.0 Å². The van der Waals surface area contributed by atoms with Gasteiger partial charge in [0.05, 0.1) is 33.4 Å². The van der Waals surface area contributed by atoms with Crippen LogP contribution in [0.4, 0.5) is 9.59 Å². The number of hydrogen-bond acceptors (Lipinski definition) is 14. The quantitative estimate of drug-likeness (QED) is 0.0506. The molecule has 1 heterocycles. The Morgan fingerprint density at radius 3 is 1.55 bits per heavy atom. The Labute approximate surface area is 276 Å². The number of amides is 4. The van der Waals surface area contributed by atoms with E-state index in [9.17, 15) is 24.0 Å². The molecule has 47 heavy (non-hydrogen) atoms. The molecule has 19 heteroatoms. The van der Waals surface area contributed by atoms with Crippen molar-refractivity contribution in [2.75, 3.05) is 21.3 Å². The Morgan fingerprint density at radius 2 is 1.21 bits per heavy atom. The zero-order chi connectivity index (χ0) is 34.4. The van der Waals surface area contributed by atoms with Gasteiger partial charge in [-0.25, -0.2) is 33.9 Å². The summed E-state index contributed by atoms with van der Waals surface area (Å²) in [7, 11) is 3.74. The zero-order valence-corrected chi connectivity index (χ0v) is 26.7. The average molecular weight is 682 g/mol. The van der Waals surface area contributed by atoms with E-state index in [1.807, 2.05) is 0 Å². The van der Waals surface area contributed by atoms with Gasteiger partial charge in [0.2, 0.25) is 0 Å². The predicted octanol–water partition coefficient (Wildman–Crippen LogP) is 1.94. The first-order valence-corrected chi connectivity index (χ1v) is 14.2. The minimum atomic E-state index is -0.781. The van der Waals surface area contributed by atoms with Gasteiger partial charge in [0.15, 0.2) is 0 Å². The fraction of sp³-hybridized carbons (Fsp3) is 0.750. The number of aromatic amines is 1. The van der Waals surface area contributed by atoms with Gasteiger partial charge in [-0.1, -0.05) is 28.7 Å². The third-order valence-electron chi connectivity index (χ3n) is 6.54. The first kappa shape index (κ1) is 47.3. The lowest BCUT2D eigenvalue weighted by molar-refractivity contribution is -0.279. The van der Waals surface area contributed by atoms with Gasteiger partial charge in [-0.2, -0.15) is 5.10 Å². The van der Waals surface area contributed by atoms with Crippen LogP contribution in [-0.4, -0.2) is 113 Å². The summed E-state index contributed by atoms with van der Waals surface area (Å²) in [6.07, 6.45) is 1.98. The van der Waals surface area contributed by atoms with Crippen molar-refractivity contribution in [3.8, 4) is 0 Å². The molecule has 0 saturated heterocycles. The molecule has 274 valence electrons. The Hall–Kier alpha value is -4.07. The normalized spacial score (nSPS) is 13.9. The van der Waals surface area contributed by atoms with Gasteiger partial charge in [0.1, 0.15) is 36.4 Å². The highest BCUT2D eigenvalue weighted by Gasteiger charge is 2.26. The molecule has 1 aromatic heterocycles. The third kappa shape index (κ3) is 19.3. The highest BCUT2D eigenvalue weighted by molar-refractivity contribution is 5.84. The van der Waals surface area contributed by atoms with Gasteiger partial charge < -0.3 is 35.5 Å². The van der Waals surface area contributed by atoms with E-state index in [1.165, 1.54) is 34.6 Å². The molecule has 0 radical (unpaired) electrons. The average Bonchev–Trinajstić information content (AvgIpc) is 3.58. The van der Waals surface area contributed by atoms with Gasteiger partial charge in [-0.05, 0) is 39.5 Å². The third-order valence-corrected chi connectivity index (χ3v) is 6.54. The lowest BCUT2D eigenvalue weighted by atomic mass is 10.1. The molecule has 0 spiro atoms. The number of nitrogens with zero attached hydrogens (tertiary/aromatic N) is 2. The van der Waals surface area contributed by atoms with Gasteiger partial charge >= 0.3 is 30.0 Å². The first-order valence-electron chi connectivity index (χ1n) is 14.2. The van der Waals surface area contributed by atoms with E-state index in [1.54, 1.807) is 20.8 Å². The number of urea groups is 2. The standard InChI is InChI=1S/C13H23N5O5.C13H24N2O7.2CH4/c1-4-9(12(19)22-3)16-13(20)17-10(8(2)23-21)5-6-11-14-7-15-18-11;1-5-9(12(17)21-4)14-13(18)15-10(8(2)22-19)6-7-11(16)20-3;;/h7-10,21H,4-6H2,1-3H3,(H,14,15,18)(H2,16,17,20);8-10,19H,5-7H2,1-4H3,(H2,14,15,18);2*1H4. The molecule has 0 aliphatic heterocycles. The monoisotopic (exact) mass is 681 g/mol. The van der Waals surface area contributed by atoms with Crippen LogP contribution >= 0.6 is 0 Å². The maximum atomic E-state index is 12.0. The number of carbonyl (C=O) groups is 5. The molecule has 0 bridgehead atoms. The second-order valence-electron chi connectivity index (χ2n) is 9.62. The van der Waals surface area contributed by atoms with Crippen molar-refractivity contribution in [1.82, 2.24) is 36.4 Å². The minimum Gasteiger partial charge on any atom is -0.469 e. The predicted molar refractivity (Wildman–Crippen MR) is 169 cm³/mol. The summed E-state index contributed by atoms with van der Waals surface area (Å²) in [5.74, 6) is -0.871. The molecular weight excluding hydrogens is 626 g/mol. The molecule has 0 aromatic carbocycles. The van der Waals surface area contributed by atoms with E-state index in [0.29, 0.717) is 31.5 Å². The number of rotatable bonds is 18. The summed E-state index contributed by atoms with van der Waals surface area (Å²) in [5, 5.41) is 34.2. The maximum absolute atomic E-state index is 12.0. The van der Waals surface area contributed by atoms with Gasteiger partial charge in [-0.3, -0.25) is 20.4 Å². The number of esters is 3. The van der Waals surface area contributed by atoms with Crippen LogP contribution in [0.25, 0.3) is 0 Å². The molecule has 6 atom stereocenters. The Bertz CT molecular complexity index is 1020. The Balaban J connectivity index is -0.000000791. The van der Waals surface area contributed by atoms with Crippen LogP contribution in [0.1, 0.15) is 80.5 Å². The highest BCUT2D eigenvalue weighted by Crippen LogP contribution is 2.08. The summed E-state index contributed by atoms with van der Waals surface area (Å²) in [4.78, 5) is 70.5. The minimum absolute atomic E-state index is 0. The molecule has 1 aromatic rings. The van der Waals surface area contributed by atoms with E-state index < -0.39 is 66.3 Å². The van der Waals surface area contributed by atoms with Crippen LogP contribution in [0.3, 0.4) is 0 Å². The molecule has 1 rings (SSSR count). The number of hydrogen-bond donors (Lipinski definition) is 7. The van der Waals surface area contributed by atoms with Gasteiger partial charge in [-0.15, -0.1) is 0 Å². The summed E-state index contributed by atoms with van der Waals surface area (Å²) < 4.78 is 13.7. The lowest BCUT2D eigenvalue weighted by Crippen LogP contribution is -2.52. The lowest BCUT2D eigenvalue weighted by Gasteiger charge is -2.24. The second-order valence-corrected chi connectivity index (χ2v) is 9.62. The van der Waals surface area contributed by atoms with Crippen molar-refractivity contribution < 1.29 is 58.5 Å². The van der Waals surface area contributed by atoms with Crippen molar-refractivity contribution in [2.24, 2.45) is 0 Å². The Kier molecular flexibility index (Phi) is 27.3. The summed E-state index contributed by atoms with van der Waals surface area (Å²) in [5.41, 5.74) is 0. The molecule has 0 saturated carbocycles. The highest BCUT2D eigenvalue weighted by atomic mass is 17.1. The Morgan fingerprint density at radius 1 is 0.766 bits per heavy atom. The number of methoxy groups -OCH3 is 3. The zero-order valence-electron chi connectivity index (χ0n) is 26.7. The topological polar surface area (TPSA) is 262 Å². The van der Waals surface area contributed by atoms with Crippen LogP contribution in [0.15, 0.2) is 6.33 Å². The molecule has 6 unspecified atom stereocenters. The van der Waals surface area contributed by atoms with Crippen molar-refractivity contribution in [3.63, 3.8) is 0 Å². The number of aryl methyl sites for hydroxylation is 1. The first-order chi connectivity index (χ1) is 21.4. The molecule has 19 nitrogen and oxygen atoms in total. The number of carbonyl (C=O) groups excluding carboxylic acids is 5. The van der Waals surface area contributed by atoms with Crippen LogP contribution in [0.5, 0.6) is 0 Å². The van der Waals surface area contributed by atoms with E-state index in [0.717, 1.165) is 0 Å². The fourth-order valence-corrected chi connectivity index (χ4v) is 3.69. The summed E-state index contributed by atoms with van der Waals surface area (Å²) in [6, 6.07) is -3.82. The fourth-order valence-electron chi connectivity index (χ4n) is 3.69. The van der Waals surface area contributed by atoms with E-state index in [2.05, 4.69) is 60.4 Å². The van der Waals surface area contributed by atoms with E-state index >= 15 is 0 Å².